The molecular weight excluding hydrogens is 340 g/mol. The lowest BCUT2D eigenvalue weighted by Crippen LogP contribution is -2.32. The number of carbonyl (C=O) groups is 2. The fourth-order valence-electron chi connectivity index (χ4n) is 2.56. The monoisotopic (exact) mass is 356 g/mol. The molecule has 0 spiro atoms. The quantitative estimate of drug-likeness (QED) is 0.827. The lowest BCUT2D eigenvalue weighted by atomic mass is 10.2. The van der Waals surface area contributed by atoms with Gasteiger partial charge in [-0.25, -0.2) is 4.90 Å². The van der Waals surface area contributed by atoms with Crippen molar-refractivity contribution in [1.82, 2.24) is 0 Å². The summed E-state index contributed by atoms with van der Waals surface area (Å²) in [6.07, 6.45) is 0. The second-order valence-electron chi connectivity index (χ2n) is 5.56. The van der Waals surface area contributed by atoms with Crippen molar-refractivity contribution in [3.8, 4) is 5.75 Å². The molecule has 0 atom stereocenters. The van der Waals surface area contributed by atoms with Crippen LogP contribution in [0.25, 0.3) is 0 Å². The van der Waals surface area contributed by atoms with Gasteiger partial charge in [0, 0.05) is 5.69 Å². The third kappa shape index (κ3) is 3.37. The first-order chi connectivity index (χ1) is 12.0. The zero-order valence-electron chi connectivity index (χ0n) is 13.9. The van der Waals surface area contributed by atoms with Crippen molar-refractivity contribution < 1.29 is 14.3 Å². The average molecular weight is 357 g/mol. The van der Waals surface area contributed by atoms with Crippen molar-refractivity contribution in [3.63, 3.8) is 0 Å². The minimum atomic E-state index is -0.536. The molecule has 0 aliphatic carbocycles. The van der Waals surface area contributed by atoms with Crippen LogP contribution in [0.15, 0.2) is 59.3 Å². The summed E-state index contributed by atoms with van der Waals surface area (Å²) in [6.45, 7) is 4.37. The number of nitrogens with one attached hydrogen (secondary N) is 1. The lowest BCUT2D eigenvalue weighted by Gasteiger charge is -2.15. The van der Waals surface area contributed by atoms with E-state index in [1.165, 1.54) is 0 Å². The molecule has 1 N–H and O–H groups in total. The smallest absolute Gasteiger partial charge is 0.283 e. The van der Waals surface area contributed by atoms with Gasteiger partial charge < -0.3 is 10.1 Å². The van der Waals surface area contributed by atoms with E-state index in [1.807, 2.05) is 19.9 Å². The standard InChI is InChI=1S/C19H17ClN2O3/c1-3-25-15-9-7-13(8-10-15)21-17-16(20)18(23)22(19(17)24)14-6-4-5-12(2)11-14/h4-11,21H,3H2,1-2H3. The summed E-state index contributed by atoms with van der Waals surface area (Å²) in [5.41, 5.74) is 2.15. The van der Waals surface area contributed by atoms with Crippen molar-refractivity contribution in [2.24, 2.45) is 0 Å². The third-order valence-corrected chi connectivity index (χ3v) is 4.07. The van der Waals surface area contributed by atoms with Gasteiger partial charge in [-0.1, -0.05) is 23.7 Å². The van der Waals surface area contributed by atoms with E-state index < -0.39 is 11.8 Å². The number of ether oxygens (including phenoxy) is 1. The number of imide groups is 1. The predicted octanol–water partition coefficient (Wildman–Crippen LogP) is 3.83. The maximum absolute atomic E-state index is 12.7. The molecule has 1 heterocycles. The molecule has 0 unspecified atom stereocenters. The lowest BCUT2D eigenvalue weighted by molar-refractivity contribution is -0.120. The number of hydrogen-bond acceptors (Lipinski definition) is 4. The topological polar surface area (TPSA) is 58.6 Å². The van der Waals surface area contributed by atoms with Gasteiger partial charge in [0.2, 0.25) is 0 Å². The van der Waals surface area contributed by atoms with Gasteiger partial charge in [0.15, 0.2) is 0 Å². The Hall–Kier alpha value is -2.79. The Morgan fingerprint density at radius 2 is 1.80 bits per heavy atom. The Labute approximate surface area is 150 Å². The molecule has 25 heavy (non-hydrogen) atoms. The van der Waals surface area contributed by atoms with Crippen molar-refractivity contribution >= 4 is 34.8 Å². The van der Waals surface area contributed by atoms with Crippen LogP contribution in [-0.4, -0.2) is 18.4 Å². The Bertz CT molecular complexity index is 859. The fraction of sp³-hybridized carbons (Fsp3) is 0.158. The number of carbonyl (C=O) groups excluding carboxylic acids is 2. The number of halogens is 1. The zero-order chi connectivity index (χ0) is 18.0. The molecule has 0 saturated carbocycles. The molecule has 2 amide bonds. The van der Waals surface area contributed by atoms with Crippen LogP contribution in [0, 0.1) is 6.92 Å². The number of aryl methyl sites for hydroxylation is 1. The highest BCUT2D eigenvalue weighted by Crippen LogP contribution is 2.30. The molecule has 3 rings (SSSR count). The van der Waals surface area contributed by atoms with Crippen LogP contribution >= 0.6 is 11.6 Å². The number of benzene rings is 2. The van der Waals surface area contributed by atoms with Crippen LogP contribution in [-0.2, 0) is 9.59 Å². The van der Waals surface area contributed by atoms with Crippen LogP contribution in [0.2, 0.25) is 0 Å². The van der Waals surface area contributed by atoms with E-state index >= 15 is 0 Å². The maximum atomic E-state index is 12.7. The average Bonchev–Trinajstić information content (AvgIpc) is 2.80. The number of amides is 2. The second kappa shape index (κ2) is 6.99. The van der Waals surface area contributed by atoms with Crippen LogP contribution in [0.5, 0.6) is 5.75 Å². The van der Waals surface area contributed by atoms with E-state index in [2.05, 4.69) is 5.32 Å². The van der Waals surface area contributed by atoms with Crippen LogP contribution in [0.3, 0.4) is 0 Å². The first kappa shape index (κ1) is 17.0. The fourth-order valence-corrected chi connectivity index (χ4v) is 2.77. The molecule has 1 aliphatic rings. The molecule has 0 aromatic heterocycles. The van der Waals surface area contributed by atoms with Crippen molar-refractivity contribution in [2.75, 3.05) is 16.8 Å². The minimum Gasteiger partial charge on any atom is -0.494 e. The Morgan fingerprint density at radius 3 is 2.44 bits per heavy atom. The van der Waals surface area contributed by atoms with Crippen molar-refractivity contribution in [1.29, 1.82) is 0 Å². The molecule has 128 valence electrons. The normalized spacial score (nSPS) is 14.3. The van der Waals surface area contributed by atoms with Gasteiger partial charge in [-0.05, 0) is 55.8 Å². The Morgan fingerprint density at radius 1 is 1.08 bits per heavy atom. The van der Waals surface area contributed by atoms with Gasteiger partial charge in [0.05, 0.1) is 12.3 Å². The van der Waals surface area contributed by atoms with E-state index in [0.717, 1.165) is 16.2 Å². The van der Waals surface area contributed by atoms with Crippen LogP contribution in [0.1, 0.15) is 12.5 Å². The number of anilines is 2. The SMILES string of the molecule is CCOc1ccc(NC2=C(Cl)C(=O)N(c3cccc(C)c3)C2=O)cc1. The van der Waals surface area contributed by atoms with Gasteiger partial charge in [0.1, 0.15) is 16.5 Å². The highest BCUT2D eigenvalue weighted by Gasteiger charge is 2.38. The first-order valence-corrected chi connectivity index (χ1v) is 8.24. The van der Waals surface area contributed by atoms with Crippen molar-refractivity contribution in [3.05, 3.63) is 64.8 Å². The molecule has 0 saturated heterocycles. The molecule has 1 aliphatic heterocycles. The second-order valence-corrected chi connectivity index (χ2v) is 5.93. The molecule has 2 aromatic rings. The summed E-state index contributed by atoms with van der Waals surface area (Å²) in [4.78, 5) is 26.2. The minimum absolute atomic E-state index is 0.0670. The molecule has 0 fully saturated rings. The summed E-state index contributed by atoms with van der Waals surface area (Å²) >= 11 is 6.12. The predicted molar refractivity (Wildman–Crippen MR) is 97.8 cm³/mol. The molecular formula is C19H17ClN2O3. The van der Waals surface area contributed by atoms with Crippen LogP contribution < -0.4 is 15.0 Å². The molecule has 6 heteroatoms. The number of hydrogen-bond donors (Lipinski definition) is 1. The first-order valence-electron chi connectivity index (χ1n) is 7.86. The highest BCUT2D eigenvalue weighted by molar-refractivity contribution is 6.53. The Kier molecular flexibility index (Phi) is 4.76. The van der Waals surface area contributed by atoms with Gasteiger partial charge in [-0.15, -0.1) is 0 Å². The summed E-state index contributed by atoms with van der Waals surface area (Å²) in [5, 5.41) is 2.81. The Balaban J connectivity index is 1.84. The largest absolute Gasteiger partial charge is 0.494 e. The van der Waals surface area contributed by atoms with E-state index in [4.69, 9.17) is 16.3 Å². The number of nitrogens with zero attached hydrogens (tertiary/aromatic N) is 1. The van der Waals surface area contributed by atoms with Gasteiger partial charge >= 0.3 is 0 Å². The summed E-state index contributed by atoms with van der Waals surface area (Å²) < 4.78 is 5.38. The highest BCUT2D eigenvalue weighted by atomic mass is 35.5. The summed E-state index contributed by atoms with van der Waals surface area (Å²) in [5.74, 6) is -0.288. The third-order valence-electron chi connectivity index (χ3n) is 3.72. The zero-order valence-corrected chi connectivity index (χ0v) is 14.6. The molecule has 5 nitrogen and oxygen atoms in total. The van der Waals surface area contributed by atoms with E-state index in [-0.39, 0.29) is 10.7 Å². The van der Waals surface area contributed by atoms with Gasteiger partial charge in [-0.2, -0.15) is 0 Å². The summed E-state index contributed by atoms with van der Waals surface area (Å²) in [6, 6.07) is 14.2. The molecule has 2 aromatic carbocycles. The molecule has 0 bridgehead atoms. The van der Waals surface area contributed by atoms with Crippen LogP contribution in [0.4, 0.5) is 11.4 Å². The van der Waals surface area contributed by atoms with E-state index in [9.17, 15) is 9.59 Å². The van der Waals surface area contributed by atoms with E-state index in [0.29, 0.717) is 18.0 Å². The van der Waals surface area contributed by atoms with Crippen molar-refractivity contribution in [2.45, 2.75) is 13.8 Å². The molecule has 0 radical (unpaired) electrons. The van der Waals surface area contributed by atoms with Gasteiger partial charge in [0.25, 0.3) is 11.8 Å². The van der Waals surface area contributed by atoms with E-state index in [1.54, 1.807) is 42.5 Å². The number of rotatable bonds is 5. The van der Waals surface area contributed by atoms with Gasteiger partial charge in [-0.3, -0.25) is 9.59 Å². The summed E-state index contributed by atoms with van der Waals surface area (Å²) in [7, 11) is 0. The maximum Gasteiger partial charge on any atom is 0.283 e.